The number of benzene rings is 1. The maximum atomic E-state index is 13.0. The molecule has 25 heavy (non-hydrogen) atoms. The van der Waals surface area contributed by atoms with Gasteiger partial charge in [0.1, 0.15) is 5.75 Å². The Morgan fingerprint density at radius 2 is 2.24 bits per heavy atom. The minimum absolute atomic E-state index is 0.136. The summed E-state index contributed by atoms with van der Waals surface area (Å²) in [7, 11) is 1.54. The number of halogens is 1. The van der Waals surface area contributed by atoms with Crippen molar-refractivity contribution in [2.75, 3.05) is 19.4 Å². The third kappa shape index (κ3) is 3.44. The molecule has 1 amide bonds. The summed E-state index contributed by atoms with van der Waals surface area (Å²) in [4.78, 5) is 15.6. The fourth-order valence-corrected chi connectivity index (χ4v) is 4.53. The number of ether oxygens (including phenoxy) is 1. The smallest absolute Gasteiger partial charge is 0.256 e. The van der Waals surface area contributed by atoms with Crippen LogP contribution in [0.2, 0.25) is 5.02 Å². The maximum absolute atomic E-state index is 13.0. The number of nitrogen functional groups attached to an aromatic ring is 1. The second-order valence-electron chi connectivity index (χ2n) is 7.19. The first-order valence-corrected chi connectivity index (χ1v) is 9.61. The zero-order valence-corrected chi connectivity index (χ0v) is 15.9. The van der Waals surface area contributed by atoms with Gasteiger partial charge >= 0.3 is 0 Å². The van der Waals surface area contributed by atoms with Crippen molar-refractivity contribution in [2.45, 2.75) is 63.6 Å². The minimum Gasteiger partial charge on any atom is -0.496 e. The molecular formula is C19H28ClN3O2. The van der Waals surface area contributed by atoms with Gasteiger partial charge in [0, 0.05) is 18.7 Å². The molecule has 138 valence electrons. The van der Waals surface area contributed by atoms with Gasteiger partial charge in [-0.3, -0.25) is 9.69 Å². The Labute approximate surface area is 154 Å². The number of carbonyl (C=O) groups is 1. The molecule has 2 fully saturated rings. The SMILES string of the molecule is CCCCN1C2CCC[C@]1(NC(=O)c1cc(Cl)c(N)cc1OC)CC2. The van der Waals surface area contributed by atoms with Gasteiger partial charge in [-0.2, -0.15) is 0 Å². The molecular weight excluding hydrogens is 338 g/mol. The second kappa shape index (κ2) is 7.42. The number of hydrogen-bond acceptors (Lipinski definition) is 4. The number of fused-ring (bicyclic) bond motifs is 2. The number of methoxy groups -OCH3 is 1. The van der Waals surface area contributed by atoms with Crippen LogP contribution in [0.5, 0.6) is 5.75 Å². The molecule has 2 aliphatic rings. The van der Waals surface area contributed by atoms with Crippen molar-refractivity contribution >= 4 is 23.2 Å². The lowest BCUT2D eigenvalue weighted by Gasteiger charge is -2.45. The van der Waals surface area contributed by atoms with Gasteiger partial charge in [-0.15, -0.1) is 0 Å². The van der Waals surface area contributed by atoms with Crippen LogP contribution in [0.4, 0.5) is 5.69 Å². The van der Waals surface area contributed by atoms with E-state index in [2.05, 4.69) is 17.1 Å². The number of rotatable bonds is 6. The molecule has 1 unspecified atom stereocenters. The first-order valence-electron chi connectivity index (χ1n) is 9.23. The molecule has 2 heterocycles. The zero-order valence-electron chi connectivity index (χ0n) is 15.1. The number of nitrogens with one attached hydrogen (secondary N) is 1. The van der Waals surface area contributed by atoms with E-state index in [1.54, 1.807) is 12.1 Å². The van der Waals surface area contributed by atoms with Crippen LogP contribution in [0.25, 0.3) is 0 Å². The van der Waals surface area contributed by atoms with Crippen molar-refractivity contribution in [3.05, 3.63) is 22.7 Å². The lowest BCUT2D eigenvalue weighted by atomic mass is 9.95. The summed E-state index contributed by atoms with van der Waals surface area (Å²) in [5.41, 5.74) is 6.46. The number of hydrogen-bond donors (Lipinski definition) is 2. The van der Waals surface area contributed by atoms with E-state index in [9.17, 15) is 4.79 Å². The van der Waals surface area contributed by atoms with Crippen LogP contribution in [0.3, 0.4) is 0 Å². The van der Waals surface area contributed by atoms with Crippen LogP contribution in [-0.4, -0.2) is 36.2 Å². The summed E-state index contributed by atoms with van der Waals surface area (Å²) in [6, 6.07) is 3.81. The molecule has 3 rings (SSSR count). The maximum Gasteiger partial charge on any atom is 0.256 e. The van der Waals surface area contributed by atoms with Crippen LogP contribution < -0.4 is 15.8 Å². The van der Waals surface area contributed by atoms with Gasteiger partial charge in [0.15, 0.2) is 0 Å². The van der Waals surface area contributed by atoms with Gasteiger partial charge < -0.3 is 15.8 Å². The third-order valence-electron chi connectivity index (χ3n) is 5.67. The van der Waals surface area contributed by atoms with Crippen molar-refractivity contribution in [2.24, 2.45) is 0 Å². The van der Waals surface area contributed by atoms with Crippen LogP contribution in [0.1, 0.15) is 62.2 Å². The highest BCUT2D eigenvalue weighted by Crippen LogP contribution is 2.43. The topological polar surface area (TPSA) is 67.6 Å². The van der Waals surface area contributed by atoms with Gasteiger partial charge in [0.2, 0.25) is 0 Å². The highest BCUT2D eigenvalue weighted by molar-refractivity contribution is 6.33. The standard InChI is InChI=1S/C19H28ClN3O2/c1-3-4-10-23-13-6-5-8-19(23,9-7-13)22-18(24)14-11-15(20)16(21)12-17(14)25-2/h11-13H,3-10,21H2,1-2H3,(H,22,24)/t13?,19-/m1/s1. The molecule has 2 saturated heterocycles. The van der Waals surface area contributed by atoms with E-state index in [0.717, 1.165) is 45.1 Å². The Bertz CT molecular complexity index is 648. The fraction of sp³-hybridized carbons (Fsp3) is 0.632. The molecule has 2 atom stereocenters. The van der Waals surface area contributed by atoms with Crippen molar-refractivity contribution in [3.63, 3.8) is 0 Å². The number of anilines is 1. The van der Waals surface area contributed by atoms with E-state index >= 15 is 0 Å². The fourth-order valence-electron chi connectivity index (χ4n) is 4.37. The zero-order chi connectivity index (χ0) is 18.0. The summed E-state index contributed by atoms with van der Waals surface area (Å²) in [6.45, 7) is 3.25. The molecule has 5 nitrogen and oxygen atoms in total. The number of carbonyl (C=O) groups excluding carboxylic acids is 1. The predicted octanol–water partition coefficient (Wildman–Crippen LogP) is 3.81. The van der Waals surface area contributed by atoms with E-state index < -0.39 is 0 Å². The molecule has 0 radical (unpaired) electrons. The number of piperidine rings is 1. The normalized spacial score (nSPS) is 25.8. The number of nitrogens with zero attached hydrogens (tertiary/aromatic N) is 1. The Kier molecular flexibility index (Phi) is 5.44. The molecule has 2 aliphatic heterocycles. The summed E-state index contributed by atoms with van der Waals surface area (Å²) in [5, 5.41) is 3.70. The molecule has 1 aromatic rings. The Morgan fingerprint density at radius 3 is 2.96 bits per heavy atom. The monoisotopic (exact) mass is 365 g/mol. The predicted molar refractivity (Wildman–Crippen MR) is 101 cm³/mol. The average Bonchev–Trinajstić information content (AvgIpc) is 2.78. The lowest BCUT2D eigenvalue weighted by Crippen LogP contribution is -2.61. The summed E-state index contributed by atoms with van der Waals surface area (Å²) >= 11 is 6.13. The van der Waals surface area contributed by atoms with Crippen LogP contribution in [0.15, 0.2) is 12.1 Å². The summed E-state index contributed by atoms with van der Waals surface area (Å²) in [6.07, 6.45) is 7.89. The van der Waals surface area contributed by atoms with Gasteiger partial charge in [-0.25, -0.2) is 0 Å². The van der Waals surface area contributed by atoms with E-state index in [1.807, 2.05) is 0 Å². The Morgan fingerprint density at radius 1 is 1.44 bits per heavy atom. The molecule has 0 spiro atoms. The molecule has 0 aromatic heterocycles. The Hall–Kier alpha value is -1.46. The second-order valence-corrected chi connectivity index (χ2v) is 7.60. The van der Waals surface area contributed by atoms with Crippen molar-refractivity contribution in [1.29, 1.82) is 0 Å². The molecule has 0 aliphatic carbocycles. The first-order chi connectivity index (χ1) is 12.0. The minimum atomic E-state index is -0.228. The van der Waals surface area contributed by atoms with E-state index in [4.69, 9.17) is 22.1 Å². The number of nitrogens with two attached hydrogens (primary N) is 1. The van der Waals surface area contributed by atoms with Crippen LogP contribution in [-0.2, 0) is 0 Å². The Balaban J connectivity index is 1.85. The van der Waals surface area contributed by atoms with Gasteiger partial charge in [-0.1, -0.05) is 24.9 Å². The van der Waals surface area contributed by atoms with Crippen molar-refractivity contribution < 1.29 is 9.53 Å². The highest BCUT2D eigenvalue weighted by atomic mass is 35.5. The van der Waals surface area contributed by atoms with Crippen molar-refractivity contribution in [3.8, 4) is 5.75 Å². The van der Waals surface area contributed by atoms with E-state index in [1.165, 1.54) is 13.5 Å². The molecule has 3 N–H and O–H groups in total. The van der Waals surface area contributed by atoms with Gasteiger partial charge in [-0.05, 0) is 44.6 Å². The van der Waals surface area contributed by atoms with Gasteiger partial charge in [0.25, 0.3) is 5.91 Å². The highest BCUT2D eigenvalue weighted by Gasteiger charge is 2.49. The lowest BCUT2D eigenvalue weighted by molar-refractivity contribution is 0.0237. The third-order valence-corrected chi connectivity index (χ3v) is 6.00. The molecule has 1 aromatic carbocycles. The van der Waals surface area contributed by atoms with Crippen LogP contribution >= 0.6 is 11.6 Å². The van der Waals surface area contributed by atoms with E-state index in [0.29, 0.717) is 28.1 Å². The first kappa shape index (κ1) is 18.3. The number of amides is 1. The molecule has 6 heteroatoms. The van der Waals surface area contributed by atoms with Crippen LogP contribution in [0, 0.1) is 0 Å². The summed E-state index contributed by atoms with van der Waals surface area (Å²) < 4.78 is 5.35. The molecule has 2 bridgehead atoms. The van der Waals surface area contributed by atoms with Crippen molar-refractivity contribution in [1.82, 2.24) is 10.2 Å². The number of unbranched alkanes of at least 4 members (excludes halogenated alkanes) is 1. The van der Waals surface area contributed by atoms with E-state index in [-0.39, 0.29) is 11.6 Å². The average molecular weight is 366 g/mol. The molecule has 0 saturated carbocycles. The quantitative estimate of drug-likeness (QED) is 0.752. The summed E-state index contributed by atoms with van der Waals surface area (Å²) in [5.74, 6) is 0.323. The largest absolute Gasteiger partial charge is 0.496 e. The van der Waals surface area contributed by atoms with Gasteiger partial charge in [0.05, 0.1) is 29.0 Å².